The molecule has 166 valence electrons. The molecule has 6 heteroatoms. The zero-order valence-corrected chi connectivity index (χ0v) is 18.4. The smallest absolute Gasteiger partial charge is 0.325 e. The summed E-state index contributed by atoms with van der Waals surface area (Å²) >= 11 is 0. The molecule has 0 aliphatic heterocycles. The summed E-state index contributed by atoms with van der Waals surface area (Å²) in [7, 11) is 0. The van der Waals surface area contributed by atoms with Gasteiger partial charge in [0.25, 0.3) is 0 Å². The fourth-order valence-electron chi connectivity index (χ4n) is 3.61. The van der Waals surface area contributed by atoms with Crippen LogP contribution in [0.25, 0.3) is 0 Å². The molecule has 0 spiro atoms. The Hall–Kier alpha value is -2.37. The number of amides is 1. The molecule has 6 nitrogen and oxygen atoms in total. The van der Waals surface area contributed by atoms with Gasteiger partial charge < -0.3 is 14.8 Å². The van der Waals surface area contributed by atoms with Crippen molar-refractivity contribution in [2.24, 2.45) is 5.92 Å². The number of rotatable bonds is 9. The minimum atomic E-state index is -0.610. The molecule has 0 unspecified atom stereocenters. The Kier molecular flexibility index (Phi) is 9.34. The average molecular weight is 418 g/mol. The monoisotopic (exact) mass is 417 g/mol. The van der Waals surface area contributed by atoms with Crippen molar-refractivity contribution < 1.29 is 23.9 Å². The Morgan fingerprint density at radius 2 is 1.70 bits per heavy atom. The summed E-state index contributed by atoms with van der Waals surface area (Å²) in [5.74, 6) is -1.73. The molecule has 1 aromatic carbocycles. The molecule has 1 aromatic rings. The second kappa shape index (κ2) is 11.7. The number of hydrogen-bond acceptors (Lipinski definition) is 5. The maximum atomic E-state index is 12.7. The first-order valence-electron chi connectivity index (χ1n) is 11.0. The first-order valence-corrected chi connectivity index (χ1v) is 11.0. The summed E-state index contributed by atoms with van der Waals surface area (Å²) in [4.78, 5) is 37.1. The molecule has 0 saturated heterocycles. The zero-order valence-electron chi connectivity index (χ0n) is 18.4. The van der Waals surface area contributed by atoms with Gasteiger partial charge in [0.15, 0.2) is 0 Å². The lowest BCUT2D eigenvalue weighted by atomic mass is 9.95. The van der Waals surface area contributed by atoms with Crippen LogP contribution in [0, 0.1) is 5.92 Å². The van der Waals surface area contributed by atoms with Crippen molar-refractivity contribution in [3.05, 3.63) is 35.9 Å². The van der Waals surface area contributed by atoms with Crippen LogP contribution in [0.4, 0.5) is 0 Å². The van der Waals surface area contributed by atoms with E-state index in [1.807, 2.05) is 30.3 Å². The number of carbonyl (C=O) groups is 3. The fraction of sp³-hybridized carbons (Fsp3) is 0.625. The number of carbonyl (C=O) groups excluding carboxylic acids is 3. The lowest BCUT2D eigenvalue weighted by Gasteiger charge is -2.23. The fourth-order valence-corrected chi connectivity index (χ4v) is 3.61. The minimum Gasteiger partial charge on any atom is -0.461 e. The van der Waals surface area contributed by atoms with Crippen LogP contribution < -0.4 is 5.32 Å². The highest BCUT2D eigenvalue weighted by Gasteiger charge is 2.26. The van der Waals surface area contributed by atoms with Crippen LogP contribution in [0.5, 0.6) is 0 Å². The molecule has 1 N–H and O–H groups in total. The summed E-state index contributed by atoms with van der Waals surface area (Å²) in [5, 5.41) is 2.66. The third-order valence-corrected chi connectivity index (χ3v) is 5.09. The number of aryl methyl sites for hydroxylation is 1. The van der Waals surface area contributed by atoms with E-state index in [-0.39, 0.29) is 25.0 Å². The average Bonchev–Trinajstić information content (AvgIpc) is 2.69. The largest absolute Gasteiger partial charge is 0.461 e. The van der Waals surface area contributed by atoms with Gasteiger partial charge in [-0.1, -0.05) is 36.8 Å². The van der Waals surface area contributed by atoms with Crippen molar-refractivity contribution in [3.63, 3.8) is 0 Å². The second-order valence-electron chi connectivity index (χ2n) is 8.98. The Morgan fingerprint density at radius 1 is 1.03 bits per heavy atom. The van der Waals surface area contributed by atoms with Crippen molar-refractivity contribution in [2.75, 3.05) is 6.54 Å². The van der Waals surface area contributed by atoms with Crippen LogP contribution >= 0.6 is 0 Å². The molecule has 0 bridgehead atoms. The van der Waals surface area contributed by atoms with Gasteiger partial charge in [-0.05, 0) is 64.9 Å². The topological polar surface area (TPSA) is 81.7 Å². The van der Waals surface area contributed by atoms with Gasteiger partial charge in [-0.15, -0.1) is 0 Å². The van der Waals surface area contributed by atoms with E-state index < -0.39 is 23.5 Å². The molecule has 1 saturated carbocycles. The molecule has 1 aliphatic carbocycles. The molecule has 30 heavy (non-hydrogen) atoms. The predicted molar refractivity (Wildman–Crippen MR) is 115 cm³/mol. The van der Waals surface area contributed by atoms with Crippen LogP contribution in [0.15, 0.2) is 30.3 Å². The second-order valence-corrected chi connectivity index (χ2v) is 8.98. The lowest BCUT2D eigenvalue weighted by Crippen LogP contribution is -2.38. The summed E-state index contributed by atoms with van der Waals surface area (Å²) in [6, 6.07) is 9.80. The molecule has 1 fully saturated rings. The van der Waals surface area contributed by atoms with Crippen LogP contribution in [0.2, 0.25) is 0 Å². The standard InChI is InChI=1S/C24H35NO5/c1-24(2,3)30-21(26)16-19(15-14-18-10-6-4-7-11-18)23(28)25-17-22(27)29-20-12-8-5-9-13-20/h4,6-7,10-11,19-20H,5,8-9,12-17H2,1-3H3,(H,25,28)/t19-/m1/s1. The molecule has 0 aromatic heterocycles. The van der Waals surface area contributed by atoms with Crippen molar-refractivity contribution >= 4 is 17.8 Å². The Balaban J connectivity index is 1.89. The van der Waals surface area contributed by atoms with E-state index in [2.05, 4.69) is 5.32 Å². The van der Waals surface area contributed by atoms with Gasteiger partial charge in [-0.25, -0.2) is 0 Å². The maximum absolute atomic E-state index is 12.7. The number of esters is 2. The first kappa shape index (κ1) is 23.9. The summed E-state index contributed by atoms with van der Waals surface area (Å²) in [6.07, 6.45) is 6.19. The number of ether oxygens (including phenoxy) is 2. The van der Waals surface area contributed by atoms with Gasteiger partial charge in [0.05, 0.1) is 6.42 Å². The normalized spacial score (nSPS) is 15.8. The number of benzene rings is 1. The molecule has 1 atom stereocenters. The lowest BCUT2D eigenvalue weighted by molar-refractivity contribution is -0.157. The van der Waals surface area contributed by atoms with E-state index in [1.54, 1.807) is 20.8 Å². The molecule has 0 heterocycles. The highest BCUT2D eigenvalue weighted by atomic mass is 16.6. The summed E-state index contributed by atoms with van der Waals surface area (Å²) < 4.78 is 10.8. The molecule has 1 amide bonds. The van der Waals surface area contributed by atoms with E-state index in [0.717, 1.165) is 31.2 Å². The van der Waals surface area contributed by atoms with E-state index >= 15 is 0 Å². The van der Waals surface area contributed by atoms with Gasteiger partial charge in [-0.3, -0.25) is 14.4 Å². The van der Waals surface area contributed by atoms with Crippen LogP contribution in [-0.2, 0) is 30.3 Å². The quantitative estimate of drug-likeness (QED) is 0.615. The van der Waals surface area contributed by atoms with Gasteiger partial charge in [-0.2, -0.15) is 0 Å². The minimum absolute atomic E-state index is 0.0202. The molecule has 2 rings (SSSR count). The molecule has 0 radical (unpaired) electrons. The highest BCUT2D eigenvalue weighted by Crippen LogP contribution is 2.20. The van der Waals surface area contributed by atoms with E-state index in [4.69, 9.17) is 9.47 Å². The predicted octanol–water partition coefficient (Wildman–Crippen LogP) is 3.96. The Labute approximate surface area is 179 Å². The number of hydrogen-bond donors (Lipinski definition) is 1. The third-order valence-electron chi connectivity index (χ3n) is 5.09. The van der Waals surface area contributed by atoms with Gasteiger partial charge >= 0.3 is 11.9 Å². The van der Waals surface area contributed by atoms with Crippen molar-refractivity contribution in [1.82, 2.24) is 5.32 Å². The Bertz CT molecular complexity index is 689. The molecular weight excluding hydrogens is 382 g/mol. The van der Waals surface area contributed by atoms with E-state index in [0.29, 0.717) is 12.8 Å². The Morgan fingerprint density at radius 3 is 2.33 bits per heavy atom. The van der Waals surface area contributed by atoms with Crippen molar-refractivity contribution in [1.29, 1.82) is 0 Å². The maximum Gasteiger partial charge on any atom is 0.325 e. The molecule has 1 aliphatic rings. The van der Waals surface area contributed by atoms with Crippen molar-refractivity contribution in [3.8, 4) is 0 Å². The van der Waals surface area contributed by atoms with Gasteiger partial charge in [0.2, 0.25) is 5.91 Å². The first-order chi connectivity index (χ1) is 14.2. The van der Waals surface area contributed by atoms with E-state index in [9.17, 15) is 14.4 Å². The SMILES string of the molecule is CC(C)(C)OC(=O)C[C@@H](CCc1ccccc1)C(=O)NCC(=O)OC1CCCCC1. The zero-order chi connectivity index (χ0) is 22.0. The molecular formula is C24H35NO5. The summed E-state index contributed by atoms with van der Waals surface area (Å²) in [5.41, 5.74) is 0.484. The summed E-state index contributed by atoms with van der Waals surface area (Å²) in [6.45, 7) is 5.22. The van der Waals surface area contributed by atoms with Crippen LogP contribution in [0.1, 0.15) is 71.3 Å². The van der Waals surface area contributed by atoms with Crippen molar-refractivity contribution in [2.45, 2.75) is 83.8 Å². The van der Waals surface area contributed by atoms with E-state index in [1.165, 1.54) is 6.42 Å². The number of nitrogens with one attached hydrogen (secondary N) is 1. The third kappa shape index (κ3) is 9.42. The van der Waals surface area contributed by atoms with Crippen LogP contribution in [-0.4, -0.2) is 36.1 Å². The van der Waals surface area contributed by atoms with Gasteiger partial charge in [0, 0.05) is 5.92 Å². The van der Waals surface area contributed by atoms with Gasteiger partial charge in [0.1, 0.15) is 18.2 Å². The highest BCUT2D eigenvalue weighted by molar-refractivity contribution is 5.86. The van der Waals surface area contributed by atoms with Crippen LogP contribution in [0.3, 0.4) is 0 Å².